The minimum Gasteiger partial charge on any atom is -0.491 e. The molecule has 0 aliphatic heterocycles. The zero-order valence-corrected chi connectivity index (χ0v) is 14.1. The number of nitrogens with one attached hydrogen (secondary N) is 1. The molecule has 5 heteroatoms. The van der Waals surface area contributed by atoms with E-state index in [-0.39, 0.29) is 12.0 Å². The molecular weight excluding hydrogens is 314 g/mol. The van der Waals surface area contributed by atoms with Crippen LogP contribution in [0.25, 0.3) is 0 Å². The van der Waals surface area contributed by atoms with Gasteiger partial charge in [-0.25, -0.2) is 0 Å². The molecule has 0 aliphatic carbocycles. The van der Waals surface area contributed by atoms with Crippen LogP contribution < -0.4 is 14.8 Å². The Kier molecular flexibility index (Phi) is 5.88. The molecule has 0 radical (unpaired) electrons. The second-order valence-corrected chi connectivity index (χ2v) is 5.83. The molecule has 1 unspecified atom stereocenters. The molecular formula is C18H20ClNO3. The molecule has 23 heavy (non-hydrogen) atoms. The van der Waals surface area contributed by atoms with Crippen molar-refractivity contribution in [2.45, 2.75) is 33.0 Å². The molecule has 0 aromatic heterocycles. The molecule has 122 valence electrons. The molecule has 1 N–H and O–H groups in total. The van der Waals surface area contributed by atoms with Crippen molar-refractivity contribution in [3.05, 3.63) is 53.6 Å². The highest BCUT2D eigenvalue weighted by Crippen LogP contribution is 2.20. The van der Waals surface area contributed by atoms with Gasteiger partial charge in [0, 0.05) is 10.7 Å². The van der Waals surface area contributed by atoms with Crippen LogP contribution >= 0.6 is 11.6 Å². The Morgan fingerprint density at radius 2 is 1.70 bits per heavy atom. The molecule has 0 heterocycles. The maximum atomic E-state index is 12.2. The van der Waals surface area contributed by atoms with Crippen LogP contribution in [0, 0.1) is 0 Å². The van der Waals surface area contributed by atoms with E-state index in [0.717, 1.165) is 5.75 Å². The fourth-order valence-electron chi connectivity index (χ4n) is 1.93. The average molecular weight is 334 g/mol. The lowest BCUT2D eigenvalue weighted by Gasteiger charge is -2.15. The zero-order chi connectivity index (χ0) is 16.8. The predicted octanol–water partition coefficient (Wildman–Crippen LogP) is 4.53. The maximum absolute atomic E-state index is 12.2. The smallest absolute Gasteiger partial charge is 0.265 e. The maximum Gasteiger partial charge on any atom is 0.265 e. The Balaban J connectivity index is 1.92. The molecule has 1 atom stereocenters. The fourth-order valence-corrected chi connectivity index (χ4v) is 2.11. The minimum atomic E-state index is -0.639. The molecule has 0 fully saturated rings. The number of amides is 1. The van der Waals surface area contributed by atoms with Gasteiger partial charge in [0.1, 0.15) is 11.5 Å². The van der Waals surface area contributed by atoms with Crippen molar-refractivity contribution >= 4 is 23.2 Å². The number of hydrogen-bond donors (Lipinski definition) is 1. The monoisotopic (exact) mass is 333 g/mol. The average Bonchev–Trinajstić information content (AvgIpc) is 2.48. The van der Waals surface area contributed by atoms with E-state index in [0.29, 0.717) is 16.5 Å². The van der Waals surface area contributed by atoms with Gasteiger partial charge in [0.05, 0.1) is 6.10 Å². The summed E-state index contributed by atoms with van der Waals surface area (Å²) < 4.78 is 11.1. The molecule has 2 rings (SSSR count). The quantitative estimate of drug-likeness (QED) is 0.844. The number of rotatable bonds is 6. The van der Waals surface area contributed by atoms with E-state index >= 15 is 0 Å². The number of ether oxygens (including phenoxy) is 2. The first-order valence-electron chi connectivity index (χ1n) is 7.44. The van der Waals surface area contributed by atoms with E-state index in [2.05, 4.69) is 5.32 Å². The normalized spacial score (nSPS) is 11.9. The van der Waals surface area contributed by atoms with Crippen molar-refractivity contribution in [2.75, 3.05) is 5.32 Å². The fraction of sp³-hybridized carbons (Fsp3) is 0.278. The molecule has 2 aromatic carbocycles. The van der Waals surface area contributed by atoms with Crippen molar-refractivity contribution < 1.29 is 14.3 Å². The first-order chi connectivity index (χ1) is 10.9. The summed E-state index contributed by atoms with van der Waals surface area (Å²) in [5.41, 5.74) is 0.688. The number of carbonyl (C=O) groups is 1. The van der Waals surface area contributed by atoms with Crippen LogP contribution in [-0.2, 0) is 4.79 Å². The van der Waals surface area contributed by atoms with Crippen molar-refractivity contribution in [1.29, 1.82) is 0 Å². The Labute approximate surface area is 141 Å². The van der Waals surface area contributed by atoms with Gasteiger partial charge in [-0.3, -0.25) is 4.79 Å². The Bertz CT molecular complexity index is 656. The molecule has 2 aromatic rings. The van der Waals surface area contributed by atoms with Gasteiger partial charge in [0.15, 0.2) is 6.10 Å². The summed E-state index contributed by atoms with van der Waals surface area (Å²) >= 11 is 5.90. The van der Waals surface area contributed by atoms with Crippen LogP contribution in [0.1, 0.15) is 20.8 Å². The molecule has 0 saturated heterocycles. The zero-order valence-electron chi connectivity index (χ0n) is 13.4. The van der Waals surface area contributed by atoms with E-state index in [4.69, 9.17) is 21.1 Å². The van der Waals surface area contributed by atoms with Crippen LogP contribution in [-0.4, -0.2) is 18.1 Å². The van der Waals surface area contributed by atoms with E-state index in [9.17, 15) is 4.79 Å². The number of benzene rings is 2. The van der Waals surface area contributed by atoms with Gasteiger partial charge in [0.2, 0.25) is 0 Å². The van der Waals surface area contributed by atoms with Crippen molar-refractivity contribution in [1.82, 2.24) is 0 Å². The molecule has 0 aliphatic rings. The highest BCUT2D eigenvalue weighted by atomic mass is 35.5. The second kappa shape index (κ2) is 7.88. The summed E-state index contributed by atoms with van der Waals surface area (Å²) in [4.78, 5) is 12.2. The van der Waals surface area contributed by atoms with Gasteiger partial charge in [-0.2, -0.15) is 0 Å². The molecule has 0 bridgehead atoms. The number of carbonyl (C=O) groups excluding carboxylic acids is 1. The topological polar surface area (TPSA) is 47.6 Å². The van der Waals surface area contributed by atoms with Crippen molar-refractivity contribution in [3.63, 3.8) is 0 Å². The van der Waals surface area contributed by atoms with Crippen LogP contribution in [0.15, 0.2) is 48.5 Å². The van der Waals surface area contributed by atoms with Gasteiger partial charge in [-0.05, 0) is 63.2 Å². The minimum absolute atomic E-state index is 0.113. The summed E-state index contributed by atoms with van der Waals surface area (Å²) in [6.07, 6.45) is -0.526. The summed E-state index contributed by atoms with van der Waals surface area (Å²) in [6.45, 7) is 5.61. The lowest BCUT2D eigenvalue weighted by molar-refractivity contribution is -0.122. The number of anilines is 1. The lowest BCUT2D eigenvalue weighted by atomic mass is 10.2. The summed E-state index contributed by atoms with van der Waals surface area (Å²) in [6, 6.07) is 14.2. The second-order valence-electron chi connectivity index (χ2n) is 5.40. The van der Waals surface area contributed by atoms with Crippen molar-refractivity contribution in [3.8, 4) is 11.5 Å². The van der Waals surface area contributed by atoms with E-state index in [1.54, 1.807) is 43.3 Å². The van der Waals surface area contributed by atoms with Crippen LogP contribution in [0.5, 0.6) is 11.5 Å². The summed E-state index contributed by atoms with van der Waals surface area (Å²) in [7, 11) is 0. The molecule has 1 amide bonds. The highest BCUT2D eigenvalue weighted by molar-refractivity contribution is 6.30. The van der Waals surface area contributed by atoms with Gasteiger partial charge < -0.3 is 14.8 Å². The first-order valence-corrected chi connectivity index (χ1v) is 7.81. The number of halogens is 1. The number of hydrogen-bond acceptors (Lipinski definition) is 3. The van der Waals surface area contributed by atoms with Crippen LogP contribution in [0.4, 0.5) is 5.69 Å². The van der Waals surface area contributed by atoms with Crippen LogP contribution in [0.3, 0.4) is 0 Å². The van der Waals surface area contributed by atoms with Gasteiger partial charge in [0.25, 0.3) is 5.91 Å². The largest absolute Gasteiger partial charge is 0.491 e. The molecule has 4 nitrogen and oxygen atoms in total. The molecule has 0 spiro atoms. The van der Waals surface area contributed by atoms with E-state index in [1.807, 2.05) is 26.0 Å². The van der Waals surface area contributed by atoms with Gasteiger partial charge in [-0.15, -0.1) is 0 Å². The SMILES string of the molecule is CC(C)Oc1ccc(NC(=O)C(C)Oc2cccc(Cl)c2)cc1. The highest BCUT2D eigenvalue weighted by Gasteiger charge is 2.15. The third kappa shape index (κ3) is 5.49. The third-order valence-electron chi connectivity index (χ3n) is 2.97. The summed E-state index contributed by atoms with van der Waals surface area (Å²) in [5, 5.41) is 3.37. The first kappa shape index (κ1) is 17.2. The Hall–Kier alpha value is -2.20. The van der Waals surface area contributed by atoms with Crippen LogP contribution in [0.2, 0.25) is 5.02 Å². The predicted molar refractivity (Wildman–Crippen MR) is 92.4 cm³/mol. The van der Waals surface area contributed by atoms with E-state index in [1.165, 1.54) is 0 Å². The van der Waals surface area contributed by atoms with Gasteiger partial charge >= 0.3 is 0 Å². The Morgan fingerprint density at radius 3 is 2.30 bits per heavy atom. The summed E-state index contributed by atoms with van der Waals surface area (Å²) in [5.74, 6) is 1.09. The molecule has 0 saturated carbocycles. The standard InChI is InChI=1S/C18H20ClNO3/c1-12(2)22-16-9-7-15(8-10-16)20-18(21)13(3)23-17-6-4-5-14(19)11-17/h4-13H,1-3H3,(H,20,21). The Morgan fingerprint density at radius 1 is 1.00 bits per heavy atom. The van der Waals surface area contributed by atoms with Crippen molar-refractivity contribution in [2.24, 2.45) is 0 Å². The van der Waals surface area contributed by atoms with Gasteiger partial charge in [-0.1, -0.05) is 17.7 Å². The van der Waals surface area contributed by atoms with E-state index < -0.39 is 6.10 Å². The third-order valence-corrected chi connectivity index (χ3v) is 3.21. The lowest BCUT2D eigenvalue weighted by Crippen LogP contribution is -2.30.